The lowest BCUT2D eigenvalue weighted by Gasteiger charge is -2.27. The summed E-state index contributed by atoms with van der Waals surface area (Å²) in [5.74, 6) is -0.762. The summed E-state index contributed by atoms with van der Waals surface area (Å²) >= 11 is 0. The van der Waals surface area contributed by atoms with Crippen LogP contribution < -0.4 is 5.56 Å². The first kappa shape index (κ1) is 19.7. The van der Waals surface area contributed by atoms with Crippen LogP contribution in [0.1, 0.15) is 40.9 Å². The number of halogens is 1. The number of rotatable bonds is 3. The van der Waals surface area contributed by atoms with Crippen LogP contribution in [0.15, 0.2) is 47.3 Å². The quantitative estimate of drug-likeness (QED) is 0.704. The van der Waals surface area contributed by atoms with Gasteiger partial charge in [0.05, 0.1) is 16.6 Å². The third-order valence-corrected chi connectivity index (χ3v) is 5.05. The minimum Gasteiger partial charge on any atom is -0.358 e. The molecular weight excluding hydrogens is 357 g/mol. The Labute approximate surface area is 163 Å². The molecule has 4 rings (SSSR count). The Hall–Kier alpha value is -3.02. The number of carbonyl (C=O) groups is 1. The van der Waals surface area contributed by atoms with Crippen LogP contribution in [0.4, 0.5) is 4.39 Å². The van der Waals surface area contributed by atoms with Gasteiger partial charge in [-0.25, -0.2) is 9.49 Å². The van der Waals surface area contributed by atoms with Crippen molar-refractivity contribution in [3.63, 3.8) is 0 Å². The number of nitrogens with one attached hydrogen (secondary N) is 1. The van der Waals surface area contributed by atoms with Crippen LogP contribution in [0.25, 0.3) is 10.8 Å². The SMILES string of the molecule is O=C(c1cc(Cc2n[nH]c(=O)c3ccccc23)ccc1F)N1CCCCC1.[CH3-]. The van der Waals surface area contributed by atoms with Gasteiger partial charge in [-0.05, 0) is 43.0 Å². The van der Waals surface area contributed by atoms with Crippen molar-refractivity contribution in [2.75, 3.05) is 13.1 Å². The first-order valence-corrected chi connectivity index (χ1v) is 9.17. The fourth-order valence-electron chi connectivity index (χ4n) is 3.61. The van der Waals surface area contributed by atoms with E-state index in [9.17, 15) is 14.0 Å². The number of likely N-dealkylation sites (tertiary alicyclic amines) is 1. The van der Waals surface area contributed by atoms with Crippen LogP contribution in [0.5, 0.6) is 0 Å². The van der Waals surface area contributed by atoms with Crippen LogP contribution in [0.3, 0.4) is 0 Å². The Morgan fingerprint density at radius 2 is 1.79 bits per heavy atom. The molecule has 0 radical (unpaired) electrons. The predicted octanol–water partition coefficient (Wildman–Crippen LogP) is 3.73. The summed E-state index contributed by atoms with van der Waals surface area (Å²) in [6, 6.07) is 11.8. The summed E-state index contributed by atoms with van der Waals surface area (Å²) < 4.78 is 14.3. The molecule has 5 nitrogen and oxygen atoms in total. The maximum absolute atomic E-state index is 14.3. The zero-order valence-corrected chi connectivity index (χ0v) is 15.9. The molecule has 0 unspecified atom stereocenters. The lowest BCUT2D eigenvalue weighted by atomic mass is 10.0. The van der Waals surface area contributed by atoms with E-state index in [1.54, 1.807) is 29.2 Å². The summed E-state index contributed by atoms with van der Waals surface area (Å²) in [5, 5.41) is 7.99. The van der Waals surface area contributed by atoms with Crippen LogP contribution in [0.2, 0.25) is 0 Å². The standard InChI is InChI=1S/C21H20FN3O2.CH3/c22-18-9-8-14(12-17(18)21(27)25-10-4-1-5-11-25)13-19-15-6-2-3-7-16(15)20(26)24-23-19;/h2-3,6-9,12H,1,4-5,10-11,13H2,(H,24,26);1H3/q;-1. The molecule has 1 saturated heterocycles. The van der Waals surface area contributed by atoms with Crippen LogP contribution in [0, 0.1) is 13.2 Å². The van der Waals surface area contributed by atoms with Gasteiger partial charge in [0, 0.05) is 24.9 Å². The third-order valence-electron chi connectivity index (χ3n) is 5.05. The van der Waals surface area contributed by atoms with Gasteiger partial charge in [0.1, 0.15) is 5.82 Å². The lowest BCUT2D eigenvalue weighted by molar-refractivity contribution is 0.0719. The number of aromatic amines is 1. The van der Waals surface area contributed by atoms with Crippen molar-refractivity contribution < 1.29 is 9.18 Å². The molecule has 0 spiro atoms. The average Bonchev–Trinajstić information content (AvgIpc) is 2.72. The van der Waals surface area contributed by atoms with E-state index in [4.69, 9.17) is 0 Å². The first-order valence-electron chi connectivity index (χ1n) is 9.17. The van der Waals surface area contributed by atoms with E-state index in [2.05, 4.69) is 10.2 Å². The van der Waals surface area contributed by atoms with Gasteiger partial charge in [0.2, 0.25) is 0 Å². The van der Waals surface area contributed by atoms with Crippen molar-refractivity contribution >= 4 is 16.7 Å². The minimum atomic E-state index is -0.506. The molecule has 0 saturated carbocycles. The van der Waals surface area contributed by atoms with Gasteiger partial charge in [-0.1, -0.05) is 24.3 Å². The number of hydrogen-bond donors (Lipinski definition) is 1. The van der Waals surface area contributed by atoms with Gasteiger partial charge in [-0.2, -0.15) is 5.10 Å². The molecule has 1 aliphatic heterocycles. The summed E-state index contributed by atoms with van der Waals surface area (Å²) in [6.45, 7) is 1.35. The molecular formula is C22H23FN3O2-. The smallest absolute Gasteiger partial charge is 0.272 e. The minimum absolute atomic E-state index is 0. The fourth-order valence-corrected chi connectivity index (χ4v) is 3.61. The number of nitrogens with zero attached hydrogens (tertiary/aromatic N) is 2. The maximum Gasteiger partial charge on any atom is 0.272 e. The molecule has 1 N–H and O–H groups in total. The van der Waals surface area contributed by atoms with Crippen LogP contribution in [-0.2, 0) is 6.42 Å². The van der Waals surface area contributed by atoms with Gasteiger partial charge < -0.3 is 12.3 Å². The number of piperidine rings is 1. The number of carbonyl (C=O) groups excluding carboxylic acids is 1. The Bertz CT molecular complexity index is 1060. The van der Waals surface area contributed by atoms with E-state index in [0.717, 1.165) is 30.2 Å². The first-order chi connectivity index (χ1) is 13.1. The van der Waals surface area contributed by atoms with Gasteiger partial charge in [0.15, 0.2) is 0 Å². The normalized spacial score (nSPS) is 14.0. The van der Waals surface area contributed by atoms with Crippen molar-refractivity contribution in [1.29, 1.82) is 0 Å². The maximum atomic E-state index is 14.3. The highest BCUT2D eigenvalue weighted by Crippen LogP contribution is 2.20. The highest BCUT2D eigenvalue weighted by Gasteiger charge is 2.21. The monoisotopic (exact) mass is 380 g/mol. The second-order valence-electron chi connectivity index (χ2n) is 6.89. The fraction of sp³-hybridized carbons (Fsp3) is 0.273. The molecule has 28 heavy (non-hydrogen) atoms. The predicted molar refractivity (Wildman–Crippen MR) is 108 cm³/mol. The molecule has 0 aliphatic carbocycles. The van der Waals surface area contributed by atoms with Gasteiger partial charge in [0.25, 0.3) is 11.5 Å². The number of hydrogen-bond acceptors (Lipinski definition) is 3. The number of H-pyrrole nitrogens is 1. The molecule has 1 aliphatic rings. The van der Waals surface area contributed by atoms with Crippen LogP contribution in [-0.4, -0.2) is 34.1 Å². The molecule has 2 heterocycles. The largest absolute Gasteiger partial charge is 0.358 e. The highest BCUT2D eigenvalue weighted by atomic mass is 19.1. The molecule has 0 atom stereocenters. The van der Waals surface area contributed by atoms with Crippen molar-refractivity contribution in [3.8, 4) is 0 Å². The Balaban J connectivity index is 0.00000225. The molecule has 6 heteroatoms. The van der Waals surface area contributed by atoms with Crippen molar-refractivity contribution in [3.05, 3.63) is 82.9 Å². The molecule has 0 bridgehead atoms. The zero-order chi connectivity index (χ0) is 18.8. The van der Waals surface area contributed by atoms with Gasteiger partial charge in [-0.15, -0.1) is 0 Å². The molecule has 1 aromatic heterocycles. The molecule has 2 aromatic carbocycles. The molecule has 146 valence electrons. The lowest BCUT2D eigenvalue weighted by Crippen LogP contribution is -2.36. The summed E-state index contributed by atoms with van der Waals surface area (Å²) in [4.78, 5) is 26.4. The molecule has 1 amide bonds. The second-order valence-corrected chi connectivity index (χ2v) is 6.89. The zero-order valence-electron chi connectivity index (χ0n) is 15.9. The number of benzene rings is 2. The Morgan fingerprint density at radius 3 is 2.54 bits per heavy atom. The van der Waals surface area contributed by atoms with Crippen molar-refractivity contribution in [2.24, 2.45) is 0 Å². The van der Waals surface area contributed by atoms with Crippen molar-refractivity contribution in [1.82, 2.24) is 15.1 Å². The van der Waals surface area contributed by atoms with Crippen LogP contribution >= 0.6 is 0 Å². The third kappa shape index (κ3) is 3.81. The van der Waals surface area contributed by atoms with E-state index < -0.39 is 5.82 Å². The van der Waals surface area contributed by atoms with Gasteiger partial charge >= 0.3 is 0 Å². The number of aromatic nitrogens is 2. The number of fused-ring (bicyclic) bond motifs is 1. The Kier molecular flexibility index (Phi) is 5.87. The highest BCUT2D eigenvalue weighted by molar-refractivity contribution is 5.94. The second kappa shape index (κ2) is 8.33. The van der Waals surface area contributed by atoms with E-state index in [-0.39, 0.29) is 24.5 Å². The van der Waals surface area contributed by atoms with Crippen molar-refractivity contribution in [2.45, 2.75) is 25.7 Å². The summed E-state index contributed by atoms with van der Waals surface area (Å²) in [6.07, 6.45) is 3.43. The molecule has 3 aromatic rings. The number of amides is 1. The van der Waals surface area contributed by atoms with E-state index in [0.29, 0.717) is 30.6 Å². The Morgan fingerprint density at radius 1 is 1.07 bits per heavy atom. The van der Waals surface area contributed by atoms with E-state index in [1.165, 1.54) is 6.07 Å². The average molecular weight is 380 g/mol. The van der Waals surface area contributed by atoms with Gasteiger partial charge in [-0.3, -0.25) is 9.59 Å². The molecule has 1 fully saturated rings. The van der Waals surface area contributed by atoms with E-state index >= 15 is 0 Å². The topological polar surface area (TPSA) is 66.1 Å². The summed E-state index contributed by atoms with van der Waals surface area (Å²) in [5.41, 5.74) is 1.33. The van der Waals surface area contributed by atoms with E-state index in [1.807, 2.05) is 12.1 Å². The summed E-state index contributed by atoms with van der Waals surface area (Å²) in [7, 11) is 0.